The second-order valence-electron chi connectivity index (χ2n) is 4.76. The van der Waals surface area contributed by atoms with Crippen molar-refractivity contribution in [2.24, 2.45) is 11.1 Å². The second-order valence-corrected chi connectivity index (χ2v) is 5.67. The van der Waals surface area contributed by atoms with Gasteiger partial charge in [-0.2, -0.15) is 0 Å². The fourth-order valence-corrected chi connectivity index (χ4v) is 2.58. The van der Waals surface area contributed by atoms with Gasteiger partial charge in [-0.25, -0.2) is 4.39 Å². The van der Waals surface area contributed by atoms with Crippen molar-refractivity contribution in [1.82, 2.24) is 5.32 Å². The summed E-state index contributed by atoms with van der Waals surface area (Å²) in [5, 5.41) is 2.78. The van der Waals surface area contributed by atoms with E-state index in [0.29, 0.717) is 12.1 Å². The molecule has 1 aliphatic rings. The van der Waals surface area contributed by atoms with Crippen molar-refractivity contribution in [3.63, 3.8) is 0 Å². The first-order valence-electron chi connectivity index (χ1n) is 6.00. The third-order valence-electron chi connectivity index (χ3n) is 3.63. The predicted molar refractivity (Wildman–Crippen MR) is 71.3 cm³/mol. The van der Waals surface area contributed by atoms with Gasteiger partial charge >= 0.3 is 0 Å². The minimum Gasteiger partial charge on any atom is -0.351 e. The molecule has 1 saturated carbocycles. The second kappa shape index (κ2) is 5.36. The van der Waals surface area contributed by atoms with E-state index >= 15 is 0 Å². The fourth-order valence-electron chi connectivity index (χ4n) is 2.17. The molecule has 0 unspecified atom stereocenters. The Morgan fingerprint density at radius 3 is 2.78 bits per heavy atom. The molecule has 1 aliphatic carbocycles. The molecule has 1 amide bonds. The lowest BCUT2D eigenvalue weighted by molar-refractivity contribution is -0.135. The molecule has 0 saturated heterocycles. The first kappa shape index (κ1) is 13.5. The van der Waals surface area contributed by atoms with Gasteiger partial charge in [0.05, 0.1) is 5.41 Å². The maximum atomic E-state index is 13.5. The van der Waals surface area contributed by atoms with Crippen LogP contribution in [-0.2, 0) is 11.3 Å². The van der Waals surface area contributed by atoms with Crippen LogP contribution in [0.3, 0.4) is 0 Å². The smallest absolute Gasteiger partial charge is 0.227 e. The zero-order valence-corrected chi connectivity index (χ0v) is 11.6. The van der Waals surface area contributed by atoms with E-state index in [1.54, 1.807) is 12.1 Å². The maximum absolute atomic E-state index is 13.5. The number of hydrogen-bond acceptors (Lipinski definition) is 2. The molecule has 5 heteroatoms. The largest absolute Gasteiger partial charge is 0.351 e. The fraction of sp³-hybridized carbons (Fsp3) is 0.462. The van der Waals surface area contributed by atoms with Crippen LogP contribution in [0.2, 0.25) is 0 Å². The Labute approximate surface area is 114 Å². The highest BCUT2D eigenvalue weighted by Crippen LogP contribution is 2.40. The Kier molecular flexibility index (Phi) is 4.02. The van der Waals surface area contributed by atoms with Gasteiger partial charge in [0.15, 0.2) is 0 Å². The van der Waals surface area contributed by atoms with E-state index in [2.05, 4.69) is 21.2 Å². The average Bonchev–Trinajstić information content (AvgIpc) is 2.29. The summed E-state index contributed by atoms with van der Waals surface area (Å²) in [6, 6.07) is 4.69. The van der Waals surface area contributed by atoms with Crippen LogP contribution in [0.4, 0.5) is 4.39 Å². The number of carbonyl (C=O) groups is 1. The van der Waals surface area contributed by atoms with E-state index in [1.807, 2.05) is 0 Å². The van der Waals surface area contributed by atoms with Gasteiger partial charge in [0, 0.05) is 23.1 Å². The molecule has 3 N–H and O–H groups in total. The highest BCUT2D eigenvalue weighted by atomic mass is 79.9. The molecule has 0 aromatic heterocycles. The zero-order chi connectivity index (χ0) is 13.2. The summed E-state index contributed by atoms with van der Waals surface area (Å²) >= 11 is 3.28. The third kappa shape index (κ3) is 2.57. The molecule has 1 aromatic rings. The number of carbonyl (C=O) groups excluding carboxylic acids is 1. The van der Waals surface area contributed by atoms with E-state index < -0.39 is 5.41 Å². The molecule has 0 spiro atoms. The quantitative estimate of drug-likeness (QED) is 0.896. The van der Waals surface area contributed by atoms with Crippen molar-refractivity contribution in [3.05, 3.63) is 34.1 Å². The predicted octanol–water partition coefficient (Wildman–Crippen LogP) is 2.33. The number of nitrogens with two attached hydrogens (primary N) is 1. The lowest BCUT2D eigenvalue weighted by atomic mass is 9.68. The highest BCUT2D eigenvalue weighted by molar-refractivity contribution is 9.10. The Hall–Kier alpha value is -0.940. The molecule has 1 fully saturated rings. The highest BCUT2D eigenvalue weighted by Gasteiger charge is 2.42. The first-order valence-corrected chi connectivity index (χ1v) is 6.79. The van der Waals surface area contributed by atoms with Gasteiger partial charge in [-0.3, -0.25) is 4.79 Å². The minimum absolute atomic E-state index is 0.0596. The van der Waals surface area contributed by atoms with E-state index in [0.717, 1.165) is 23.7 Å². The molecule has 3 nitrogen and oxygen atoms in total. The van der Waals surface area contributed by atoms with E-state index in [4.69, 9.17) is 5.73 Å². The van der Waals surface area contributed by atoms with Gasteiger partial charge in [-0.05, 0) is 31.0 Å². The van der Waals surface area contributed by atoms with Crippen LogP contribution in [0.15, 0.2) is 22.7 Å². The molecule has 0 heterocycles. The van der Waals surface area contributed by atoms with Crippen molar-refractivity contribution < 1.29 is 9.18 Å². The van der Waals surface area contributed by atoms with Crippen molar-refractivity contribution in [2.75, 3.05) is 6.54 Å². The summed E-state index contributed by atoms with van der Waals surface area (Å²) in [7, 11) is 0. The van der Waals surface area contributed by atoms with Gasteiger partial charge in [-0.15, -0.1) is 0 Å². The maximum Gasteiger partial charge on any atom is 0.227 e. The van der Waals surface area contributed by atoms with E-state index in [9.17, 15) is 9.18 Å². The number of nitrogens with one attached hydrogen (secondary N) is 1. The summed E-state index contributed by atoms with van der Waals surface area (Å²) in [4.78, 5) is 12.0. The van der Waals surface area contributed by atoms with Crippen LogP contribution >= 0.6 is 15.9 Å². The number of amides is 1. The Morgan fingerprint density at radius 1 is 1.50 bits per heavy atom. The molecule has 18 heavy (non-hydrogen) atoms. The van der Waals surface area contributed by atoms with Crippen LogP contribution in [0.1, 0.15) is 24.8 Å². The van der Waals surface area contributed by atoms with Gasteiger partial charge in [0.25, 0.3) is 0 Å². The third-order valence-corrected chi connectivity index (χ3v) is 4.12. The molecule has 0 aliphatic heterocycles. The summed E-state index contributed by atoms with van der Waals surface area (Å²) in [5.74, 6) is -0.371. The lowest BCUT2D eigenvalue weighted by Gasteiger charge is -2.39. The first-order chi connectivity index (χ1) is 8.57. The Bertz CT molecular complexity index is 455. The van der Waals surface area contributed by atoms with E-state index in [-0.39, 0.29) is 18.3 Å². The molecule has 1 aromatic carbocycles. The molecule has 0 atom stereocenters. The SMILES string of the molecule is NCC1(C(=O)NCc2cc(Br)ccc2F)CCC1. The average molecular weight is 315 g/mol. The topological polar surface area (TPSA) is 55.1 Å². The van der Waals surface area contributed by atoms with Gasteiger partial charge in [0.1, 0.15) is 5.82 Å². The molecule has 98 valence electrons. The van der Waals surface area contributed by atoms with Crippen LogP contribution in [0.25, 0.3) is 0 Å². The lowest BCUT2D eigenvalue weighted by Crippen LogP contribution is -2.50. The molecule has 2 rings (SSSR count). The summed E-state index contributed by atoms with van der Waals surface area (Å²) in [6.07, 6.45) is 2.70. The number of benzene rings is 1. The van der Waals surface area contributed by atoms with Gasteiger partial charge < -0.3 is 11.1 Å². The van der Waals surface area contributed by atoms with Crippen LogP contribution in [0, 0.1) is 11.2 Å². The van der Waals surface area contributed by atoms with Crippen LogP contribution < -0.4 is 11.1 Å². The van der Waals surface area contributed by atoms with Crippen molar-refractivity contribution in [1.29, 1.82) is 0 Å². The molecular formula is C13H16BrFN2O. The van der Waals surface area contributed by atoms with Crippen molar-refractivity contribution >= 4 is 21.8 Å². The van der Waals surface area contributed by atoms with Crippen molar-refractivity contribution in [2.45, 2.75) is 25.8 Å². The molecule has 0 bridgehead atoms. The van der Waals surface area contributed by atoms with E-state index in [1.165, 1.54) is 6.07 Å². The Morgan fingerprint density at radius 2 is 2.22 bits per heavy atom. The zero-order valence-electron chi connectivity index (χ0n) is 10.0. The number of hydrogen-bond donors (Lipinski definition) is 2. The summed E-state index contributed by atoms with van der Waals surface area (Å²) in [6.45, 7) is 0.561. The van der Waals surface area contributed by atoms with Gasteiger partial charge in [0.2, 0.25) is 5.91 Å². The Balaban J connectivity index is 1.99. The monoisotopic (exact) mass is 314 g/mol. The summed E-state index contributed by atoms with van der Waals surface area (Å²) < 4.78 is 14.3. The molecule has 0 radical (unpaired) electrons. The normalized spacial score (nSPS) is 17.1. The summed E-state index contributed by atoms with van der Waals surface area (Å²) in [5.41, 5.74) is 5.71. The minimum atomic E-state index is -0.414. The van der Waals surface area contributed by atoms with Crippen LogP contribution in [0.5, 0.6) is 0 Å². The molecular weight excluding hydrogens is 299 g/mol. The standard InChI is InChI=1S/C13H16BrFN2O/c14-10-2-3-11(15)9(6-10)7-17-12(18)13(8-16)4-1-5-13/h2-3,6H,1,4-5,7-8,16H2,(H,17,18). The van der Waals surface area contributed by atoms with Gasteiger partial charge in [-0.1, -0.05) is 22.4 Å². The van der Waals surface area contributed by atoms with Crippen LogP contribution in [-0.4, -0.2) is 12.5 Å². The number of rotatable bonds is 4. The number of halogens is 2. The van der Waals surface area contributed by atoms with Crippen molar-refractivity contribution in [3.8, 4) is 0 Å².